The Morgan fingerprint density at radius 3 is 2.11 bits per heavy atom. The van der Waals surface area contributed by atoms with Crippen molar-refractivity contribution in [1.29, 1.82) is 0 Å². The van der Waals surface area contributed by atoms with Crippen molar-refractivity contribution in [2.75, 3.05) is 14.1 Å². The van der Waals surface area contributed by atoms with E-state index in [4.69, 9.17) is 5.73 Å². The van der Waals surface area contributed by atoms with E-state index in [2.05, 4.69) is 4.99 Å². The highest BCUT2D eigenvalue weighted by molar-refractivity contribution is 7.99. The van der Waals surface area contributed by atoms with Gasteiger partial charge in [0.15, 0.2) is 0 Å². The molecule has 0 aliphatic heterocycles. The third-order valence-corrected chi connectivity index (χ3v) is 3.21. The molecule has 0 spiro atoms. The Morgan fingerprint density at radius 2 is 1.74 bits per heavy atom. The third kappa shape index (κ3) is 6.63. The first kappa shape index (κ1) is 18.0. The summed E-state index contributed by atoms with van der Waals surface area (Å²) in [5, 5.41) is 9.79. The molecule has 0 aromatic carbocycles. The molecule has 19 heavy (non-hydrogen) atoms. The number of allylic oxidation sites excluding steroid dienone is 1. The summed E-state index contributed by atoms with van der Waals surface area (Å²) in [4.78, 5) is 15.8. The van der Waals surface area contributed by atoms with Crippen LogP contribution in [-0.4, -0.2) is 40.0 Å². The molecular formula is C13H25N3O2S. The van der Waals surface area contributed by atoms with Crippen LogP contribution in [0.15, 0.2) is 16.8 Å². The number of nitrogens with two attached hydrogens (primary N) is 1. The standard InChI is InChI=1S/C13H25N3O2S/c1-12(2,3)9(17)8-10(14)15-11(18)13(4,5)19-16(6)7/h8,17H,1-7H3,(H2,14,15,18)/b9-8-. The lowest BCUT2D eigenvalue weighted by Gasteiger charge is -2.23. The molecule has 0 bridgehead atoms. The van der Waals surface area contributed by atoms with Crippen LogP contribution in [0.4, 0.5) is 0 Å². The van der Waals surface area contributed by atoms with Crippen LogP contribution >= 0.6 is 11.9 Å². The monoisotopic (exact) mass is 287 g/mol. The van der Waals surface area contributed by atoms with E-state index < -0.39 is 10.2 Å². The summed E-state index contributed by atoms with van der Waals surface area (Å²) in [5.41, 5.74) is 5.25. The zero-order valence-electron chi connectivity index (χ0n) is 12.8. The molecule has 0 aliphatic carbocycles. The lowest BCUT2D eigenvalue weighted by Crippen LogP contribution is -2.31. The first-order valence-electron chi connectivity index (χ1n) is 6.02. The summed E-state index contributed by atoms with van der Waals surface area (Å²) in [5.74, 6) is -0.217. The summed E-state index contributed by atoms with van der Waals surface area (Å²) < 4.78 is 1.14. The maximum atomic E-state index is 12.0. The first-order valence-corrected chi connectivity index (χ1v) is 6.80. The van der Waals surface area contributed by atoms with E-state index in [0.717, 1.165) is 0 Å². The summed E-state index contributed by atoms with van der Waals surface area (Å²) in [7, 11) is 3.72. The van der Waals surface area contributed by atoms with Crippen LogP contribution in [0, 0.1) is 5.41 Å². The molecule has 0 saturated carbocycles. The molecule has 0 fully saturated rings. The van der Waals surface area contributed by atoms with Gasteiger partial charge in [0.1, 0.15) is 16.3 Å². The molecule has 5 nitrogen and oxygen atoms in total. The van der Waals surface area contributed by atoms with Crippen LogP contribution in [0.3, 0.4) is 0 Å². The van der Waals surface area contributed by atoms with Gasteiger partial charge in [0, 0.05) is 11.5 Å². The normalized spacial score (nSPS) is 14.9. The number of hydrogen-bond acceptors (Lipinski definition) is 4. The van der Waals surface area contributed by atoms with Gasteiger partial charge in [-0.15, -0.1) is 0 Å². The molecule has 0 aromatic rings. The molecule has 0 rings (SSSR count). The van der Waals surface area contributed by atoms with Crippen LogP contribution in [0.25, 0.3) is 0 Å². The van der Waals surface area contributed by atoms with E-state index in [0.29, 0.717) is 0 Å². The van der Waals surface area contributed by atoms with Gasteiger partial charge < -0.3 is 10.8 Å². The lowest BCUT2D eigenvalue weighted by molar-refractivity contribution is -0.119. The molecular weight excluding hydrogens is 262 g/mol. The predicted molar refractivity (Wildman–Crippen MR) is 82.2 cm³/mol. The number of amides is 1. The number of rotatable bonds is 4. The fraction of sp³-hybridized carbons (Fsp3) is 0.692. The number of hydrogen-bond donors (Lipinski definition) is 2. The Hall–Kier alpha value is -1.01. The first-order chi connectivity index (χ1) is 8.36. The van der Waals surface area contributed by atoms with Crippen molar-refractivity contribution < 1.29 is 9.90 Å². The minimum atomic E-state index is -0.695. The number of carbonyl (C=O) groups is 1. The maximum absolute atomic E-state index is 12.0. The summed E-state index contributed by atoms with van der Waals surface area (Å²) >= 11 is 1.37. The topological polar surface area (TPSA) is 78.9 Å². The molecule has 0 heterocycles. The summed E-state index contributed by atoms with van der Waals surface area (Å²) in [6, 6.07) is 0. The zero-order valence-corrected chi connectivity index (χ0v) is 13.6. The molecule has 0 unspecified atom stereocenters. The Labute approximate surface area is 120 Å². The molecule has 0 radical (unpaired) electrons. The second kappa shape index (κ2) is 6.43. The molecule has 0 saturated heterocycles. The lowest BCUT2D eigenvalue weighted by atomic mass is 9.93. The molecule has 6 heteroatoms. The maximum Gasteiger partial charge on any atom is 0.264 e. The van der Waals surface area contributed by atoms with Crippen molar-refractivity contribution in [3.05, 3.63) is 11.8 Å². The number of aliphatic imine (C=N–C) groups is 1. The van der Waals surface area contributed by atoms with Crippen molar-refractivity contribution in [3.63, 3.8) is 0 Å². The minimum Gasteiger partial charge on any atom is -0.512 e. The predicted octanol–water partition coefficient (Wildman–Crippen LogP) is 2.35. The van der Waals surface area contributed by atoms with Crippen molar-refractivity contribution in [3.8, 4) is 0 Å². The summed E-state index contributed by atoms with van der Waals surface area (Å²) in [6.45, 7) is 9.10. The number of aliphatic hydroxyl groups is 1. The van der Waals surface area contributed by atoms with Gasteiger partial charge in [0.2, 0.25) is 0 Å². The fourth-order valence-electron chi connectivity index (χ4n) is 1.14. The second-order valence-electron chi connectivity index (χ2n) is 6.04. The Balaban J connectivity index is 5.01. The zero-order chi connectivity index (χ0) is 15.4. The number of amidine groups is 1. The smallest absolute Gasteiger partial charge is 0.264 e. The Morgan fingerprint density at radius 1 is 1.26 bits per heavy atom. The van der Waals surface area contributed by atoms with E-state index in [1.807, 2.05) is 39.2 Å². The Kier molecular flexibility index (Phi) is 6.09. The van der Waals surface area contributed by atoms with Crippen molar-refractivity contribution in [1.82, 2.24) is 4.31 Å². The van der Waals surface area contributed by atoms with Crippen molar-refractivity contribution >= 4 is 23.7 Å². The van der Waals surface area contributed by atoms with Gasteiger partial charge >= 0.3 is 0 Å². The van der Waals surface area contributed by atoms with E-state index in [9.17, 15) is 9.90 Å². The van der Waals surface area contributed by atoms with Gasteiger partial charge in [-0.05, 0) is 27.9 Å². The van der Waals surface area contributed by atoms with Gasteiger partial charge in [-0.2, -0.15) is 4.99 Å². The molecule has 0 aromatic heterocycles. The van der Waals surface area contributed by atoms with Crippen LogP contribution in [0.2, 0.25) is 0 Å². The van der Waals surface area contributed by atoms with Crippen molar-refractivity contribution in [2.45, 2.75) is 39.4 Å². The minimum absolute atomic E-state index is 0.0184. The molecule has 110 valence electrons. The largest absolute Gasteiger partial charge is 0.512 e. The van der Waals surface area contributed by atoms with Gasteiger partial charge in [-0.3, -0.25) is 9.10 Å². The van der Waals surface area contributed by atoms with Crippen LogP contribution in [0.5, 0.6) is 0 Å². The number of aliphatic hydroxyl groups excluding tert-OH is 1. The quantitative estimate of drug-likeness (QED) is 0.359. The molecule has 3 N–H and O–H groups in total. The van der Waals surface area contributed by atoms with Crippen LogP contribution < -0.4 is 5.73 Å². The van der Waals surface area contributed by atoms with Gasteiger partial charge in [0.05, 0.1) is 0 Å². The average Bonchev–Trinajstić information content (AvgIpc) is 2.13. The summed E-state index contributed by atoms with van der Waals surface area (Å²) in [6.07, 6.45) is 1.33. The van der Waals surface area contributed by atoms with E-state index in [-0.39, 0.29) is 17.5 Å². The van der Waals surface area contributed by atoms with Gasteiger partial charge in [0.25, 0.3) is 5.91 Å². The second-order valence-corrected chi connectivity index (χ2v) is 7.97. The van der Waals surface area contributed by atoms with Crippen LogP contribution in [-0.2, 0) is 4.79 Å². The average molecular weight is 287 g/mol. The number of carbonyl (C=O) groups excluding carboxylic acids is 1. The molecule has 0 aliphatic rings. The third-order valence-electron chi connectivity index (χ3n) is 2.21. The number of nitrogens with zero attached hydrogens (tertiary/aromatic N) is 2. The van der Waals surface area contributed by atoms with Crippen LogP contribution in [0.1, 0.15) is 34.6 Å². The van der Waals surface area contributed by atoms with Gasteiger partial charge in [-0.25, -0.2) is 0 Å². The fourth-order valence-corrected chi connectivity index (χ4v) is 2.17. The SMILES string of the molecule is CN(C)SC(C)(C)C(=O)N=C(N)/C=C(\O)C(C)(C)C. The van der Waals surface area contributed by atoms with E-state index >= 15 is 0 Å². The molecule has 0 atom stereocenters. The molecule has 1 amide bonds. The highest BCUT2D eigenvalue weighted by Gasteiger charge is 2.29. The van der Waals surface area contributed by atoms with E-state index in [1.54, 1.807) is 13.8 Å². The van der Waals surface area contributed by atoms with Crippen molar-refractivity contribution in [2.24, 2.45) is 16.1 Å². The Bertz CT molecular complexity index is 393. The highest BCUT2D eigenvalue weighted by Crippen LogP contribution is 2.27. The van der Waals surface area contributed by atoms with Gasteiger partial charge in [-0.1, -0.05) is 32.7 Å². The van der Waals surface area contributed by atoms with E-state index in [1.165, 1.54) is 18.0 Å². The highest BCUT2D eigenvalue weighted by atomic mass is 32.2.